The highest BCUT2D eigenvalue weighted by molar-refractivity contribution is 9.10. The van der Waals surface area contributed by atoms with Crippen LogP contribution in [-0.4, -0.2) is 31.1 Å². The minimum Gasteiger partial charge on any atom is -0.397 e. The van der Waals surface area contributed by atoms with Crippen LogP contribution in [0, 0.1) is 0 Å². The molecule has 1 aromatic rings. The van der Waals surface area contributed by atoms with Gasteiger partial charge in [0, 0.05) is 11.0 Å². The minimum absolute atomic E-state index is 0.814. The van der Waals surface area contributed by atoms with Crippen molar-refractivity contribution in [3.8, 4) is 0 Å². The Hall–Kier alpha value is -0.740. The number of hydrogen-bond donors (Lipinski definition) is 2. The summed E-state index contributed by atoms with van der Waals surface area (Å²) in [5.74, 6) is 0. The standard InChI is InChI=1S/C13H20BrN3/c14-11-4-5-12(15)13(10-11)16-6-3-9-17-7-1-2-8-17/h4-5,10,16H,1-3,6-9,15H2. The van der Waals surface area contributed by atoms with Gasteiger partial charge < -0.3 is 16.0 Å². The molecule has 1 aliphatic heterocycles. The summed E-state index contributed by atoms with van der Waals surface area (Å²) in [4.78, 5) is 2.53. The summed E-state index contributed by atoms with van der Waals surface area (Å²) in [6, 6.07) is 5.92. The molecule has 0 aliphatic carbocycles. The van der Waals surface area contributed by atoms with E-state index >= 15 is 0 Å². The van der Waals surface area contributed by atoms with E-state index in [9.17, 15) is 0 Å². The maximum atomic E-state index is 5.90. The molecule has 0 saturated carbocycles. The lowest BCUT2D eigenvalue weighted by Crippen LogP contribution is -2.22. The minimum atomic E-state index is 0.814. The third-order valence-electron chi connectivity index (χ3n) is 3.18. The number of benzene rings is 1. The summed E-state index contributed by atoms with van der Waals surface area (Å²) in [6.07, 6.45) is 3.91. The van der Waals surface area contributed by atoms with Crippen LogP contribution in [0.4, 0.5) is 11.4 Å². The van der Waals surface area contributed by atoms with Gasteiger partial charge in [-0.25, -0.2) is 0 Å². The average Bonchev–Trinajstić information content (AvgIpc) is 2.82. The van der Waals surface area contributed by atoms with Crippen LogP contribution in [0.1, 0.15) is 19.3 Å². The van der Waals surface area contributed by atoms with Crippen molar-refractivity contribution in [3.63, 3.8) is 0 Å². The zero-order valence-corrected chi connectivity index (χ0v) is 11.7. The first kappa shape index (κ1) is 12.7. The lowest BCUT2D eigenvalue weighted by Gasteiger charge is -2.15. The number of nitrogen functional groups attached to an aromatic ring is 1. The third kappa shape index (κ3) is 3.89. The molecule has 4 heteroatoms. The van der Waals surface area contributed by atoms with Gasteiger partial charge in [0.25, 0.3) is 0 Å². The number of halogens is 1. The van der Waals surface area contributed by atoms with Gasteiger partial charge in [-0.05, 0) is 57.1 Å². The zero-order valence-electron chi connectivity index (χ0n) is 10.1. The first-order valence-electron chi connectivity index (χ1n) is 6.27. The SMILES string of the molecule is Nc1ccc(Br)cc1NCCCN1CCCC1. The highest BCUT2D eigenvalue weighted by atomic mass is 79.9. The van der Waals surface area contributed by atoms with Crippen molar-refractivity contribution in [2.45, 2.75) is 19.3 Å². The number of hydrogen-bond acceptors (Lipinski definition) is 3. The lowest BCUT2D eigenvalue weighted by atomic mass is 10.2. The first-order chi connectivity index (χ1) is 8.25. The molecule has 0 atom stereocenters. The van der Waals surface area contributed by atoms with Gasteiger partial charge in [0.15, 0.2) is 0 Å². The van der Waals surface area contributed by atoms with Crippen molar-refractivity contribution in [1.82, 2.24) is 4.90 Å². The Morgan fingerprint density at radius 1 is 1.29 bits per heavy atom. The van der Waals surface area contributed by atoms with E-state index in [0.717, 1.165) is 22.4 Å². The monoisotopic (exact) mass is 297 g/mol. The summed E-state index contributed by atoms with van der Waals surface area (Å²) < 4.78 is 1.06. The summed E-state index contributed by atoms with van der Waals surface area (Å²) in [5.41, 5.74) is 7.74. The Bertz CT molecular complexity index is 362. The Morgan fingerprint density at radius 3 is 2.82 bits per heavy atom. The molecule has 0 radical (unpaired) electrons. The van der Waals surface area contributed by atoms with E-state index in [1.807, 2.05) is 18.2 Å². The molecule has 0 spiro atoms. The topological polar surface area (TPSA) is 41.3 Å². The predicted octanol–water partition coefficient (Wildman–Crippen LogP) is 2.93. The van der Waals surface area contributed by atoms with Crippen molar-refractivity contribution in [3.05, 3.63) is 22.7 Å². The second-order valence-corrected chi connectivity index (χ2v) is 5.48. The molecule has 1 aromatic carbocycles. The molecule has 3 nitrogen and oxygen atoms in total. The van der Waals surface area contributed by atoms with Crippen LogP contribution < -0.4 is 11.1 Å². The number of nitrogens with one attached hydrogen (secondary N) is 1. The summed E-state index contributed by atoms with van der Waals surface area (Å²) >= 11 is 3.46. The molecule has 3 N–H and O–H groups in total. The average molecular weight is 298 g/mol. The van der Waals surface area contributed by atoms with Gasteiger partial charge in [0.2, 0.25) is 0 Å². The van der Waals surface area contributed by atoms with Crippen molar-refractivity contribution in [1.29, 1.82) is 0 Å². The quantitative estimate of drug-likeness (QED) is 0.649. The molecular formula is C13H20BrN3. The lowest BCUT2D eigenvalue weighted by molar-refractivity contribution is 0.337. The molecule has 94 valence electrons. The van der Waals surface area contributed by atoms with Crippen molar-refractivity contribution in [2.75, 3.05) is 37.2 Å². The molecule has 1 aliphatic rings. The normalized spacial score (nSPS) is 16.3. The maximum absolute atomic E-state index is 5.90. The van der Waals surface area contributed by atoms with Gasteiger partial charge in [-0.1, -0.05) is 15.9 Å². The van der Waals surface area contributed by atoms with E-state index in [4.69, 9.17) is 5.73 Å². The van der Waals surface area contributed by atoms with E-state index in [0.29, 0.717) is 0 Å². The highest BCUT2D eigenvalue weighted by Gasteiger charge is 2.10. The molecule has 1 saturated heterocycles. The number of likely N-dealkylation sites (tertiary alicyclic amines) is 1. The van der Waals surface area contributed by atoms with Crippen LogP contribution in [0.25, 0.3) is 0 Å². The summed E-state index contributed by atoms with van der Waals surface area (Å²) in [6.45, 7) is 4.73. The van der Waals surface area contributed by atoms with Crippen molar-refractivity contribution >= 4 is 27.3 Å². The van der Waals surface area contributed by atoms with Crippen LogP contribution in [0.2, 0.25) is 0 Å². The Balaban J connectivity index is 1.72. The zero-order chi connectivity index (χ0) is 12.1. The number of nitrogens with zero attached hydrogens (tertiary/aromatic N) is 1. The number of nitrogens with two attached hydrogens (primary N) is 1. The molecule has 2 rings (SSSR count). The second kappa shape index (κ2) is 6.26. The molecule has 0 aromatic heterocycles. The van der Waals surface area contributed by atoms with E-state index in [1.54, 1.807) is 0 Å². The van der Waals surface area contributed by atoms with Gasteiger partial charge in [-0.3, -0.25) is 0 Å². The van der Waals surface area contributed by atoms with Crippen molar-refractivity contribution < 1.29 is 0 Å². The van der Waals surface area contributed by atoms with Crippen LogP contribution in [-0.2, 0) is 0 Å². The van der Waals surface area contributed by atoms with Crippen LogP contribution >= 0.6 is 15.9 Å². The third-order valence-corrected chi connectivity index (χ3v) is 3.67. The first-order valence-corrected chi connectivity index (χ1v) is 7.06. The Labute approximate surface area is 111 Å². The smallest absolute Gasteiger partial charge is 0.0585 e. The molecule has 1 heterocycles. The van der Waals surface area contributed by atoms with Crippen LogP contribution in [0.3, 0.4) is 0 Å². The molecule has 17 heavy (non-hydrogen) atoms. The fraction of sp³-hybridized carbons (Fsp3) is 0.538. The fourth-order valence-electron chi connectivity index (χ4n) is 2.21. The summed E-state index contributed by atoms with van der Waals surface area (Å²) in [5, 5.41) is 3.40. The van der Waals surface area contributed by atoms with Gasteiger partial charge in [-0.15, -0.1) is 0 Å². The Kier molecular flexibility index (Phi) is 4.68. The molecule has 0 amide bonds. The maximum Gasteiger partial charge on any atom is 0.0585 e. The molecule has 0 bridgehead atoms. The second-order valence-electron chi connectivity index (χ2n) is 4.56. The van der Waals surface area contributed by atoms with E-state index in [2.05, 4.69) is 26.1 Å². The van der Waals surface area contributed by atoms with Crippen molar-refractivity contribution in [2.24, 2.45) is 0 Å². The largest absolute Gasteiger partial charge is 0.397 e. The fourth-order valence-corrected chi connectivity index (χ4v) is 2.57. The van der Waals surface area contributed by atoms with Crippen LogP contribution in [0.15, 0.2) is 22.7 Å². The molecular weight excluding hydrogens is 278 g/mol. The predicted molar refractivity (Wildman–Crippen MR) is 77.3 cm³/mol. The van der Waals surface area contributed by atoms with E-state index in [-0.39, 0.29) is 0 Å². The number of anilines is 2. The van der Waals surface area contributed by atoms with Gasteiger partial charge in [0.05, 0.1) is 11.4 Å². The van der Waals surface area contributed by atoms with Gasteiger partial charge in [0.1, 0.15) is 0 Å². The number of rotatable bonds is 5. The highest BCUT2D eigenvalue weighted by Crippen LogP contribution is 2.23. The molecule has 0 unspecified atom stereocenters. The van der Waals surface area contributed by atoms with Crippen LogP contribution in [0.5, 0.6) is 0 Å². The van der Waals surface area contributed by atoms with E-state index < -0.39 is 0 Å². The van der Waals surface area contributed by atoms with Gasteiger partial charge in [-0.2, -0.15) is 0 Å². The summed E-state index contributed by atoms with van der Waals surface area (Å²) in [7, 11) is 0. The Morgan fingerprint density at radius 2 is 2.06 bits per heavy atom. The molecule has 1 fully saturated rings. The van der Waals surface area contributed by atoms with E-state index in [1.165, 1.54) is 38.9 Å². The van der Waals surface area contributed by atoms with Gasteiger partial charge >= 0.3 is 0 Å².